The Kier molecular flexibility index (Phi) is 4.76. The average Bonchev–Trinajstić information content (AvgIpc) is 3.09. The standard InChI is InChI=1S/C16H14N4O3S/c1-23-14-8-2-11(3-9-14)15(22)10-24-16-17-18-19-20(16)12-4-6-13(21)7-5-12/h2-9,21H,10H2,1H3. The van der Waals surface area contributed by atoms with Gasteiger partial charge in [-0.3, -0.25) is 4.79 Å². The Morgan fingerprint density at radius 3 is 2.54 bits per heavy atom. The van der Waals surface area contributed by atoms with Crippen molar-refractivity contribution in [3.8, 4) is 17.2 Å². The van der Waals surface area contributed by atoms with Crippen LogP contribution >= 0.6 is 11.8 Å². The van der Waals surface area contributed by atoms with Crippen LogP contribution < -0.4 is 4.74 Å². The largest absolute Gasteiger partial charge is 0.508 e. The molecular formula is C16H14N4O3S. The van der Waals surface area contributed by atoms with E-state index < -0.39 is 0 Å². The summed E-state index contributed by atoms with van der Waals surface area (Å²) in [6.45, 7) is 0. The van der Waals surface area contributed by atoms with Crippen LogP contribution in [0.15, 0.2) is 53.7 Å². The van der Waals surface area contributed by atoms with Crippen molar-refractivity contribution < 1.29 is 14.6 Å². The number of aromatic hydroxyl groups is 1. The summed E-state index contributed by atoms with van der Waals surface area (Å²) in [5, 5.41) is 21.3. The van der Waals surface area contributed by atoms with Crippen molar-refractivity contribution >= 4 is 17.5 Å². The molecule has 7 nitrogen and oxygen atoms in total. The second-order valence-electron chi connectivity index (χ2n) is 4.83. The second kappa shape index (κ2) is 7.14. The normalized spacial score (nSPS) is 10.5. The number of methoxy groups -OCH3 is 1. The molecule has 0 bridgehead atoms. The van der Waals surface area contributed by atoms with Gasteiger partial charge in [-0.15, -0.1) is 5.10 Å². The van der Waals surface area contributed by atoms with E-state index in [1.54, 1.807) is 55.6 Å². The molecule has 0 spiro atoms. The predicted octanol–water partition coefficient (Wildman–Crippen LogP) is 2.35. The Labute approximate surface area is 142 Å². The first-order valence-electron chi connectivity index (χ1n) is 7.05. The minimum Gasteiger partial charge on any atom is -0.508 e. The fraction of sp³-hybridized carbons (Fsp3) is 0.125. The number of carbonyl (C=O) groups is 1. The molecule has 0 saturated carbocycles. The van der Waals surface area contributed by atoms with E-state index in [1.807, 2.05) is 0 Å². The number of phenols is 1. The number of aromatic nitrogens is 4. The minimum absolute atomic E-state index is 0.0251. The van der Waals surface area contributed by atoms with Crippen LogP contribution in [0.2, 0.25) is 0 Å². The molecule has 0 amide bonds. The van der Waals surface area contributed by atoms with Crippen molar-refractivity contribution in [1.82, 2.24) is 20.2 Å². The van der Waals surface area contributed by atoms with Gasteiger partial charge in [-0.1, -0.05) is 11.8 Å². The van der Waals surface area contributed by atoms with E-state index in [2.05, 4.69) is 15.5 Å². The second-order valence-corrected chi connectivity index (χ2v) is 5.77. The zero-order valence-electron chi connectivity index (χ0n) is 12.8. The summed E-state index contributed by atoms with van der Waals surface area (Å²) in [7, 11) is 1.58. The first-order valence-corrected chi connectivity index (χ1v) is 8.04. The molecule has 1 N–H and O–H groups in total. The van der Waals surface area contributed by atoms with Crippen molar-refractivity contribution in [3.05, 3.63) is 54.1 Å². The molecule has 0 fully saturated rings. The third kappa shape index (κ3) is 3.54. The highest BCUT2D eigenvalue weighted by Crippen LogP contribution is 2.21. The quantitative estimate of drug-likeness (QED) is 0.543. The lowest BCUT2D eigenvalue weighted by atomic mass is 10.1. The number of thioether (sulfide) groups is 1. The van der Waals surface area contributed by atoms with Gasteiger partial charge < -0.3 is 9.84 Å². The van der Waals surface area contributed by atoms with Crippen molar-refractivity contribution in [3.63, 3.8) is 0 Å². The molecule has 3 aromatic rings. The monoisotopic (exact) mass is 342 g/mol. The van der Waals surface area contributed by atoms with Crippen LogP contribution in [-0.2, 0) is 0 Å². The van der Waals surface area contributed by atoms with Crippen molar-refractivity contribution in [2.75, 3.05) is 12.9 Å². The summed E-state index contributed by atoms with van der Waals surface area (Å²) in [6, 6.07) is 13.4. The van der Waals surface area contributed by atoms with E-state index in [4.69, 9.17) is 4.74 Å². The number of hydrogen-bond donors (Lipinski definition) is 1. The highest BCUT2D eigenvalue weighted by Gasteiger charge is 2.13. The third-order valence-electron chi connectivity index (χ3n) is 3.28. The van der Waals surface area contributed by atoms with Crippen LogP contribution in [0.25, 0.3) is 5.69 Å². The summed E-state index contributed by atoms with van der Waals surface area (Å²) in [4.78, 5) is 12.3. The number of ether oxygens (including phenoxy) is 1. The number of Topliss-reactive ketones (excluding diaryl/α,β-unsaturated/α-hetero) is 1. The molecule has 0 aliphatic carbocycles. The van der Waals surface area contributed by atoms with Crippen molar-refractivity contribution in [1.29, 1.82) is 0 Å². The topological polar surface area (TPSA) is 90.1 Å². The van der Waals surface area contributed by atoms with Crippen molar-refractivity contribution in [2.45, 2.75) is 5.16 Å². The third-order valence-corrected chi connectivity index (χ3v) is 4.20. The fourth-order valence-corrected chi connectivity index (χ4v) is 2.80. The molecule has 0 atom stereocenters. The van der Waals surface area contributed by atoms with Crippen LogP contribution in [0, 0.1) is 0 Å². The molecule has 8 heteroatoms. The van der Waals surface area contributed by atoms with Crippen LogP contribution in [0.3, 0.4) is 0 Å². The summed E-state index contributed by atoms with van der Waals surface area (Å²) >= 11 is 1.25. The molecule has 0 aliphatic heterocycles. The van der Waals surface area contributed by atoms with Gasteiger partial charge in [0.15, 0.2) is 5.78 Å². The SMILES string of the molecule is COc1ccc(C(=O)CSc2nnnn2-c2ccc(O)cc2)cc1. The maximum absolute atomic E-state index is 12.3. The average molecular weight is 342 g/mol. The highest BCUT2D eigenvalue weighted by molar-refractivity contribution is 7.99. The molecule has 24 heavy (non-hydrogen) atoms. The Bertz CT molecular complexity index is 831. The van der Waals surface area contributed by atoms with E-state index in [-0.39, 0.29) is 17.3 Å². The summed E-state index contributed by atoms with van der Waals surface area (Å²) in [5.41, 5.74) is 1.31. The smallest absolute Gasteiger partial charge is 0.214 e. The molecule has 0 unspecified atom stereocenters. The van der Waals surface area contributed by atoms with Crippen LogP contribution in [0.4, 0.5) is 0 Å². The van der Waals surface area contributed by atoms with Crippen LogP contribution in [0.5, 0.6) is 11.5 Å². The molecule has 0 aliphatic rings. The van der Waals surface area contributed by atoms with E-state index in [9.17, 15) is 9.90 Å². The number of ketones is 1. The van der Waals surface area contributed by atoms with Crippen LogP contribution in [-0.4, -0.2) is 44.0 Å². The fourth-order valence-electron chi connectivity index (χ4n) is 2.02. The minimum atomic E-state index is -0.0251. The summed E-state index contributed by atoms with van der Waals surface area (Å²) in [6.07, 6.45) is 0. The lowest BCUT2D eigenvalue weighted by molar-refractivity contribution is 0.102. The number of benzene rings is 2. The first kappa shape index (κ1) is 16.0. The van der Waals surface area contributed by atoms with Gasteiger partial charge in [0.05, 0.1) is 18.6 Å². The Morgan fingerprint density at radius 1 is 1.17 bits per heavy atom. The number of nitrogens with zero attached hydrogens (tertiary/aromatic N) is 4. The maximum atomic E-state index is 12.3. The van der Waals surface area contributed by atoms with Gasteiger partial charge in [0.25, 0.3) is 0 Å². The number of phenolic OH excluding ortho intramolecular Hbond substituents is 1. The van der Waals surface area contributed by atoms with Gasteiger partial charge in [0, 0.05) is 5.56 Å². The Balaban J connectivity index is 1.69. The first-order chi connectivity index (χ1) is 11.7. The molecular weight excluding hydrogens is 328 g/mol. The van der Waals surface area contributed by atoms with Gasteiger partial charge in [0.2, 0.25) is 5.16 Å². The van der Waals surface area contributed by atoms with E-state index in [0.717, 1.165) is 0 Å². The molecule has 3 rings (SSSR count). The lowest BCUT2D eigenvalue weighted by Crippen LogP contribution is -2.05. The molecule has 2 aromatic carbocycles. The molecule has 1 aromatic heterocycles. The summed E-state index contributed by atoms with van der Waals surface area (Å²) < 4.78 is 6.60. The molecule has 0 saturated heterocycles. The molecule has 1 heterocycles. The Hall–Kier alpha value is -2.87. The number of rotatable bonds is 6. The predicted molar refractivity (Wildman–Crippen MR) is 88.9 cm³/mol. The van der Waals surface area contributed by atoms with E-state index >= 15 is 0 Å². The number of hydrogen-bond acceptors (Lipinski definition) is 7. The highest BCUT2D eigenvalue weighted by atomic mass is 32.2. The van der Waals surface area contributed by atoms with Gasteiger partial charge in [-0.05, 0) is 59.0 Å². The zero-order chi connectivity index (χ0) is 16.9. The number of tetrazole rings is 1. The van der Waals surface area contributed by atoms with Crippen LogP contribution in [0.1, 0.15) is 10.4 Å². The number of carbonyl (C=O) groups excluding carboxylic acids is 1. The van der Waals surface area contributed by atoms with Gasteiger partial charge >= 0.3 is 0 Å². The van der Waals surface area contributed by atoms with Gasteiger partial charge in [0.1, 0.15) is 11.5 Å². The Morgan fingerprint density at radius 2 is 1.88 bits per heavy atom. The zero-order valence-corrected chi connectivity index (χ0v) is 13.6. The van der Waals surface area contributed by atoms with E-state index in [1.165, 1.54) is 16.4 Å². The molecule has 122 valence electrons. The van der Waals surface area contributed by atoms with E-state index in [0.29, 0.717) is 22.2 Å². The lowest BCUT2D eigenvalue weighted by Gasteiger charge is -2.05. The maximum Gasteiger partial charge on any atom is 0.214 e. The van der Waals surface area contributed by atoms with Gasteiger partial charge in [-0.2, -0.15) is 4.68 Å². The summed E-state index contributed by atoms with van der Waals surface area (Å²) in [5.74, 6) is 1.05. The molecule has 0 radical (unpaired) electrons. The van der Waals surface area contributed by atoms with Gasteiger partial charge in [-0.25, -0.2) is 0 Å². The van der Waals surface area contributed by atoms with Crippen molar-refractivity contribution in [2.24, 2.45) is 0 Å².